The van der Waals surface area contributed by atoms with Gasteiger partial charge < -0.3 is 10.2 Å². The quantitative estimate of drug-likeness (QED) is 0.823. The minimum Gasteiger partial charge on any atom is -0.347 e. The Morgan fingerprint density at radius 3 is 2.59 bits per heavy atom. The molecule has 146 valence electrons. The van der Waals surface area contributed by atoms with Crippen molar-refractivity contribution < 1.29 is 9.59 Å². The molecule has 0 unspecified atom stereocenters. The molecule has 0 spiro atoms. The number of hydrogen-bond donors (Lipinski definition) is 1. The standard InChI is InChI=1S/C18H25N5O3S/c1-18(2,3)16(26)19-11-15(25)22-6-4-21(5-7-22)12-13-10-14(24)23-8-9-27-17(23)20-13/h8-10H,4-7,11-12H2,1-3H3,(H,19,26). The number of carbonyl (C=O) groups is 2. The van der Waals surface area contributed by atoms with Crippen molar-refractivity contribution in [1.29, 1.82) is 0 Å². The molecule has 2 aromatic rings. The summed E-state index contributed by atoms with van der Waals surface area (Å²) in [6, 6.07) is 1.57. The van der Waals surface area contributed by atoms with Gasteiger partial charge in [0.25, 0.3) is 5.56 Å². The van der Waals surface area contributed by atoms with Crippen molar-refractivity contribution in [3.05, 3.63) is 33.7 Å². The maximum Gasteiger partial charge on any atom is 0.258 e. The minimum atomic E-state index is -0.506. The minimum absolute atomic E-state index is 0.0312. The largest absolute Gasteiger partial charge is 0.347 e. The Balaban J connectivity index is 1.50. The number of nitrogens with one attached hydrogen (secondary N) is 1. The maximum atomic E-state index is 12.3. The van der Waals surface area contributed by atoms with E-state index in [1.54, 1.807) is 17.2 Å². The normalized spacial score (nSPS) is 15.9. The fourth-order valence-electron chi connectivity index (χ4n) is 2.89. The van der Waals surface area contributed by atoms with Crippen molar-refractivity contribution in [2.45, 2.75) is 27.3 Å². The fourth-order valence-corrected chi connectivity index (χ4v) is 3.62. The summed E-state index contributed by atoms with van der Waals surface area (Å²) in [5, 5.41) is 4.55. The molecule has 2 aromatic heterocycles. The zero-order valence-electron chi connectivity index (χ0n) is 15.9. The van der Waals surface area contributed by atoms with Gasteiger partial charge in [-0.25, -0.2) is 4.98 Å². The molecule has 0 saturated carbocycles. The van der Waals surface area contributed by atoms with Crippen LogP contribution in [0.15, 0.2) is 22.4 Å². The molecular formula is C18H25N5O3S. The number of amides is 2. The first kappa shape index (κ1) is 19.5. The first-order valence-corrected chi connectivity index (χ1v) is 9.86. The Morgan fingerprint density at radius 1 is 1.22 bits per heavy atom. The van der Waals surface area contributed by atoms with E-state index in [1.807, 2.05) is 26.2 Å². The topological polar surface area (TPSA) is 87.0 Å². The highest BCUT2D eigenvalue weighted by Crippen LogP contribution is 2.13. The summed E-state index contributed by atoms with van der Waals surface area (Å²) in [5.74, 6) is -0.195. The predicted molar refractivity (Wildman–Crippen MR) is 104 cm³/mol. The van der Waals surface area contributed by atoms with Crippen LogP contribution in [-0.2, 0) is 16.1 Å². The zero-order valence-corrected chi connectivity index (χ0v) is 16.7. The van der Waals surface area contributed by atoms with E-state index >= 15 is 0 Å². The number of aromatic nitrogens is 2. The molecule has 0 radical (unpaired) electrons. The van der Waals surface area contributed by atoms with Crippen LogP contribution < -0.4 is 10.9 Å². The van der Waals surface area contributed by atoms with Crippen LogP contribution in [0.5, 0.6) is 0 Å². The average molecular weight is 391 g/mol. The lowest BCUT2D eigenvalue weighted by atomic mass is 9.96. The van der Waals surface area contributed by atoms with E-state index in [4.69, 9.17) is 0 Å². The van der Waals surface area contributed by atoms with Gasteiger partial charge in [-0.2, -0.15) is 0 Å². The molecule has 1 saturated heterocycles. The Hall–Kier alpha value is -2.26. The van der Waals surface area contributed by atoms with Gasteiger partial charge in [0, 0.05) is 55.8 Å². The summed E-state index contributed by atoms with van der Waals surface area (Å²) < 4.78 is 1.54. The fraction of sp³-hybridized carbons (Fsp3) is 0.556. The third kappa shape index (κ3) is 4.72. The van der Waals surface area contributed by atoms with Crippen molar-refractivity contribution in [2.24, 2.45) is 5.41 Å². The maximum absolute atomic E-state index is 12.3. The number of nitrogens with zero attached hydrogens (tertiary/aromatic N) is 4. The Morgan fingerprint density at radius 2 is 1.93 bits per heavy atom. The molecule has 2 amide bonds. The summed E-state index contributed by atoms with van der Waals surface area (Å²) in [6.07, 6.45) is 1.72. The molecule has 3 rings (SSSR count). The predicted octanol–water partition coefficient (Wildman–Crippen LogP) is 0.563. The second kappa shape index (κ2) is 7.77. The third-order valence-electron chi connectivity index (χ3n) is 4.55. The number of piperazine rings is 1. The van der Waals surface area contributed by atoms with Gasteiger partial charge in [-0.3, -0.25) is 23.7 Å². The van der Waals surface area contributed by atoms with E-state index in [9.17, 15) is 14.4 Å². The Kier molecular flexibility index (Phi) is 5.61. The highest BCUT2D eigenvalue weighted by Gasteiger charge is 2.25. The van der Waals surface area contributed by atoms with E-state index in [1.165, 1.54) is 15.7 Å². The number of thiazole rings is 1. The highest BCUT2D eigenvalue weighted by atomic mass is 32.1. The molecular weight excluding hydrogens is 366 g/mol. The lowest BCUT2D eigenvalue weighted by Crippen LogP contribution is -2.51. The SMILES string of the molecule is CC(C)(C)C(=O)NCC(=O)N1CCN(Cc2cc(=O)n3ccsc3n2)CC1. The van der Waals surface area contributed by atoms with Crippen molar-refractivity contribution in [3.8, 4) is 0 Å². The summed E-state index contributed by atoms with van der Waals surface area (Å²) in [6.45, 7) is 8.70. The molecule has 0 atom stereocenters. The van der Waals surface area contributed by atoms with Crippen LogP contribution in [-0.4, -0.2) is 63.7 Å². The molecule has 0 aliphatic carbocycles. The van der Waals surface area contributed by atoms with E-state index in [2.05, 4.69) is 15.2 Å². The summed E-state index contributed by atoms with van der Waals surface area (Å²) in [4.78, 5) is 45.4. The summed E-state index contributed by atoms with van der Waals surface area (Å²) in [7, 11) is 0. The lowest BCUT2D eigenvalue weighted by Gasteiger charge is -2.34. The van der Waals surface area contributed by atoms with Crippen molar-refractivity contribution in [2.75, 3.05) is 32.7 Å². The number of carbonyl (C=O) groups excluding carboxylic acids is 2. The zero-order chi connectivity index (χ0) is 19.6. The smallest absolute Gasteiger partial charge is 0.258 e. The molecule has 0 aromatic carbocycles. The number of rotatable bonds is 4. The van der Waals surface area contributed by atoms with Crippen molar-refractivity contribution in [1.82, 2.24) is 24.5 Å². The van der Waals surface area contributed by atoms with Crippen molar-refractivity contribution in [3.63, 3.8) is 0 Å². The summed E-state index contributed by atoms with van der Waals surface area (Å²) in [5.41, 5.74) is 0.174. The van der Waals surface area contributed by atoms with Crippen LogP contribution in [0.1, 0.15) is 26.5 Å². The van der Waals surface area contributed by atoms with Crippen LogP contribution >= 0.6 is 11.3 Å². The van der Waals surface area contributed by atoms with Crippen molar-refractivity contribution >= 4 is 28.1 Å². The van der Waals surface area contributed by atoms with E-state index < -0.39 is 5.41 Å². The first-order valence-electron chi connectivity index (χ1n) is 8.98. The van der Waals surface area contributed by atoms with Gasteiger partial charge in [-0.15, -0.1) is 11.3 Å². The second-order valence-electron chi connectivity index (χ2n) is 7.73. The van der Waals surface area contributed by atoms with Gasteiger partial charge >= 0.3 is 0 Å². The molecule has 0 bridgehead atoms. The van der Waals surface area contributed by atoms with Crippen LogP contribution in [0.2, 0.25) is 0 Å². The van der Waals surface area contributed by atoms with Gasteiger partial charge in [0.2, 0.25) is 11.8 Å². The molecule has 1 aliphatic heterocycles. The van der Waals surface area contributed by atoms with Crippen LogP contribution in [0.25, 0.3) is 4.96 Å². The molecule has 1 fully saturated rings. The van der Waals surface area contributed by atoms with Gasteiger partial charge in [-0.05, 0) is 0 Å². The van der Waals surface area contributed by atoms with Crippen LogP contribution in [0, 0.1) is 5.41 Å². The van der Waals surface area contributed by atoms with E-state index in [-0.39, 0.29) is 23.9 Å². The highest BCUT2D eigenvalue weighted by molar-refractivity contribution is 7.15. The van der Waals surface area contributed by atoms with Crippen LogP contribution in [0.4, 0.5) is 0 Å². The van der Waals surface area contributed by atoms with Gasteiger partial charge in [0.05, 0.1) is 12.2 Å². The van der Waals surface area contributed by atoms with E-state index in [0.717, 1.165) is 5.69 Å². The number of hydrogen-bond acceptors (Lipinski definition) is 6. The third-order valence-corrected chi connectivity index (χ3v) is 5.30. The monoisotopic (exact) mass is 391 g/mol. The van der Waals surface area contributed by atoms with Crippen LogP contribution in [0.3, 0.4) is 0 Å². The molecule has 8 nitrogen and oxygen atoms in total. The Bertz CT molecular complexity index is 890. The van der Waals surface area contributed by atoms with E-state index in [0.29, 0.717) is 37.7 Å². The molecule has 27 heavy (non-hydrogen) atoms. The summed E-state index contributed by atoms with van der Waals surface area (Å²) >= 11 is 1.44. The van der Waals surface area contributed by atoms with Gasteiger partial charge in [-0.1, -0.05) is 20.8 Å². The lowest BCUT2D eigenvalue weighted by molar-refractivity contribution is -0.136. The molecule has 3 heterocycles. The average Bonchev–Trinajstić information content (AvgIpc) is 3.08. The molecule has 1 N–H and O–H groups in total. The van der Waals surface area contributed by atoms with Gasteiger partial charge in [0.15, 0.2) is 4.96 Å². The second-order valence-corrected chi connectivity index (χ2v) is 8.60. The molecule has 1 aliphatic rings. The van der Waals surface area contributed by atoms with Gasteiger partial charge in [0.1, 0.15) is 0 Å². The molecule has 9 heteroatoms. The Labute approximate surface area is 161 Å². The number of fused-ring (bicyclic) bond motifs is 1. The first-order chi connectivity index (χ1) is 12.7.